The van der Waals surface area contributed by atoms with Gasteiger partial charge in [-0.2, -0.15) is 13.2 Å². The molecule has 0 unspecified atom stereocenters. The smallest absolute Gasteiger partial charge is 0.416 e. The first-order valence-electron chi connectivity index (χ1n) is 9.76. The molecule has 0 N–H and O–H groups in total. The molecule has 1 aliphatic rings. The molecule has 1 saturated heterocycles. The fourth-order valence-corrected chi connectivity index (χ4v) is 3.38. The van der Waals surface area contributed by atoms with E-state index in [9.17, 15) is 23.3 Å². The summed E-state index contributed by atoms with van der Waals surface area (Å²) in [6, 6.07) is 8.71. The van der Waals surface area contributed by atoms with Crippen molar-refractivity contribution in [1.82, 2.24) is 9.80 Å². The number of hydrogen-bond donors (Lipinski definition) is 0. The van der Waals surface area contributed by atoms with Crippen molar-refractivity contribution in [3.05, 3.63) is 63.7 Å². The Bertz CT molecular complexity index is 864. The summed E-state index contributed by atoms with van der Waals surface area (Å²) in [6.45, 7) is 4.87. The normalized spacial score (nSPS) is 15.9. The zero-order valence-corrected chi connectivity index (χ0v) is 16.7. The van der Waals surface area contributed by atoms with Crippen LogP contribution in [0.5, 0.6) is 11.5 Å². The molecule has 0 amide bonds. The van der Waals surface area contributed by atoms with Crippen LogP contribution in [0.3, 0.4) is 0 Å². The summed E-state index contributed by atoms with van der Waals surface area (Å²) in [5, 5.41) is 11.2. The monoisotopic (exact) mass is 423 g/mol. The maximum Gasteiger partial charge on any atom is 0.416 e. The maximum absolute atomic E-state index is 12.7. The first-order valence-corrected chi connectivity index (χ1v) is 9.76. The molecule has 3 rings (SSSR count). The number of ether oxygens (including phenoxy) is 1. The van der Waals surface area contributed by atoms with Crippen LogP contribution in [0.1, 0.15) is 17.5 Å². The quantitative estimate of drug-likeness (QED) is 0.482. The molecule has 6 nitrogen and oxygen atoms in total. The number of nitro groups is 1. The Hall–Kier alpha value is -2.65. The molecular weight excluding hydrogens is 399 g/mol. The van der Waals surface area contributed by atoms with E-state index in [0.717, 1.165) is 51.3 Å². The minimum atomic E-state index is -4.42. The highest BCUT2D eigenvalue weighted by Gasteiger charge is 2.30. The van der Waals surface area contributed by atoms with E-state index in [0.29, 0.717) is 17.7 Å². The lowest BCUT2D eigenvalue weighted by atomic mass is 10.1. The number of aryl methyl sites for hydroxylation is 1. The van der Waals surface area contributed by atoms with Gasteiger partial charge in [-0.05, 0) is 56.8 Å². The van der Waals surface area contributed by atoms with Gasteiger partial charge in [-0.1, -0.05) is 0 Å². The average molecular weight is 423 g/mol. The van der Waals surface area contributed by atoms with Crippen molar-refractivity contribution in [2.75, 3.05) is 39.8 Å². The first kappa shape index (κ1) is 22.0. The van der Waals surface area contributed by atoms with Crippen molar-refractivity contribution < 1.29 is 22.8 Å². The number of rotatable bonds is 7. The number of benzene rings is 2. The second kappa shape index (κ2) is 9.44. The van der Waals surface area contributed by atoms with E-state index in [1.807, 2.05) is 0 Å². The molecule has 162 valence electrons. The summed E-state index contributed by atoms with van der Waals surface area (Å²) in [7, 11) is 2.09. The highest BCUT2D eigenvalue weighted by Crippen LogP contribution is 2.33. The maximum atomic E-state index is 12.7. The first-order chi connectivity index (χ1) is 14.2. The largest absolute Gasteiger partial charge is 0.457 e. The summed E-state index contributed by atoms with van der Waals surface area (Å²) in [4.78, 5) is 15.3. The Morgan fingerprint density at radius 3 is 2.33 bits per heavy atom. The standard InChI is InChI=1S/C21H24F3N3O3/c1-25-11-13-26(14-12-25)10-2-3-16-15-18(27(28)29)6-9-20(16)30-19-7-4-17(5-8-19)21(22,23)24/h4-9,15H,2-3,10-14H2,1H3. The number of nitro benzene ring substituents is 1. The van der Waals surface area contributed by atoms with Gasteiger partial charge in [0.2, 0.25) is 0 Å². The Labute approximate surface area is 173 Å². The number of piperazine rings is 1. The predicted molar refractivity (Wildman–Crippen MR) is 107 cm³/mol. The molecule has 0 saturated carbocycles. The van der Waals surface area contributed by atoms with Crippen LogP contribution in [0.15, 0.2) is 42.5 Å². The van der Waals surface area contributed by atoms with Gasteiger partial charge in [0, 0.05) is 43.9 Å². The van der Waals surface area contributed by atoms with Crippen molar-refractivity contribution in [1.29, 1.82) is 0 Å². The molecular formula is C21H24F3N3O3. The van der Waals surface area contributed by atoms with Crippen LogP contribution < -0.4 is 4.74 Å². The predicted octanol–water partition coefficient (Wildman–Crippen LogP) is 4.59. The Kier molecular flexibility index (Phi) is 6.94. The summed E-state index contributed by atoms with van der Waals surface area (Å²) >= 11 is 0. The van der Waals surface area contributed by atoms with Crippen LogP contribution >= 0.6 is 0 Å². The molecule has 1 aliphatic heterocycles. The lowest BCUT2D eigenvalue weighted by molar-refractivity contribution is -0.384. The van der Waals surface area contributed by atoms with E-state index in [1.165, 1.54) is 30.3 Å². The molecule has 0 aliphatic carbocycles. The van der Waals surface area contributed by atoms with Crippen LogP contribution in [0.4, 0.5) is 18.9 Å². The van der Waals surface area contributed by atoms with Crippen molar-refractivity contribution in [3.63, 3.8) is 0 Å². The number of alkyl halides is 3. The fourth-order valence-electron chi connectivity index (χ4n) is 3.38. The van der Waals surface area contributed by atoms with Gasteiger partial charge in [-0.3, -0.25) is 10.1 Å². The Balaban J connectivity index is 1.69. The molecule has 2 aromatic carbocycles. The zero-order valence-electron chi connectivity index (χ0n) is 16.7. The van der Waals surface area contributed by atoms with Crippen LogP contribution in [-0.4, -0.2) is 54.5 Å². The van der Waals surface area contributed by atoms with Gasteiger partial charge in [0.15, 0.2) is 0 Å². The van der Waals surface area contributed by atoms with Crippen LogP contribution in [-0.2, 0) is 12.6 Å². The highest BCUT2D eigenvalue weighted by molar-refractivity contribution is 5.46. The number of nitrogens with zero attached hydrogens (tertiary/aromatic N) is 3. The van der Waals surface area contributed by atoms with E-state index in [-0.39, 0.29) is 11.4 Å². The van der Waals surface area contributed by atoms with Crippen LogP contribution in [0.2, 0.25) is 0 Å². The molecule has 0 spiro atoms. The van der Waals surface area contributed by atoms with Crippen molar-refractivity contribution >= 4 is 5.69 Å². The van der Waals surface area contributed by atoms with Crippen LogP contribution in [0, 0.1) is 10.1 Å². The van der Waals surface area contributed by atoms with Gasteiger partial charge in [-0.25, -0.2) is 0 Å². The summed E-state index contributed by atoms with van der Waals surface area (Å²) in [5.41, 5.74) is -0.131. The lowest BCUT2D eigenvalue weighted by Crippen LogP contribution is -2.44. The molecule has 0 radical (unpaired) electrons. The molecule has 0 atom stereocenters. The van der Waals surface area contributed by atoms with Gasteiger partial charge in [0.25, 0.3) is 5.69 Å². The third kappa shape index (κ3) is 5.93. The van der Waals surface area contributed by atoms with Gasteiger partial charge >= 0.3 is 6.18 Å². The second-order valence-electron chi connectivity index (χ2n) is 7.42. The van der Waals surface area contributed by atoms with E-state index in [2.05, 4.69) is 16.8 Å². The molecule has 0 bridgehead atoms. The molecule has 2 aromatic rings. The minimum Gasteiger partial charge on any atom is -0.457 e. The van der Waals surface area contributed by atoms with Crippen molar-refractivity contribution in [2.24, 2.45) is 0 Å². The molecule has 9 heteroatoms. The number of hydrogen-bond acceptors (Lipinski definition) is 5. The van der Waals surface area contributed by atoms with Gasteiger partial charge in [-0.15, -0.1) is 0 Å². The molecule has 1 heterocycles. The summed E-state index contributed by atoms with van der Waals surface area (Å²) < 4.78 is 44.0. The van der Waals surface area contributed by atoms with E-state index in [1.54, 1.807) is 0 Å². The minimum absolute atomic E-state index is 0.0376. The average Bonchev–Trinajstić information content (AvgIpc) is 2.70. The van der Waals surface area contributed by atoms with Gasteiger partial charge in [0.05, 0.1) is 10.5 Å². The lowest BCUT2D eigenvalue weighted by Gasteiger charge is -2.32. The third-order valence-corrected chi connectivity index (χ3v) is 5.18. The van der Waals surface area contributed by atoms with E-state index >= 15 is 0 Å². The van der Waals surface area contributed by atoms with Gasteiger partial charge in [0.1, 0.15) is 11.5 Å². The topological polar surface area (TPSA) is 58.9 Å². The van der Waals surface area contributed by atoms with Gasteiger partial charge < -0.3 is 14.5 Å². The summed E-state index contributed by atoms with van der Waals surface area (Å²) in [5.74, 6) is 0.663. The molecule has 0 aromatic heterocycles. The highest BCUT2D eigenvalue weighted by atomic mass is 19.4. The summed E-state index contributed by atoms with van der Waals surface area (Å²) in [6.07, 6.45) is -3.04. The van der Waals surface area contributed by atoms with E-state index < -0.39 is 16.7 Å². The Morgan fingerprint density at radius 1 is 1.07 bits per heavy atom. The number of likely N-dealkylation sites (N-methyl/N-ethyl adjacent to an activating group) is 1. The fraction of sp³-hybridized carbons (Fsp3) is 0.429. The third-order valence-electron chi connectivity index (χ3n) is 5.18. The molecule has 30 heavy (non-hydrogen) atoms. The number of non-ortho nitro benzene ring substituents is 1. The second-order valence-corrected chi connectivity index (χ2v) is 7.42. The SMILES string of the molecule is CN1CCN(CCCc2cc([N+](=O)[O-])ccc2Oc2ccc(C(F)(F)F)cc2)CC1. The van der Waals surface area contributed by atoms with Crippen LogP contribution in [0.25, 0.3) is 0 Å². The number of halogens is 3. The Morgan fingerprint density at radius 2 is 1.73 bits per heavy atom. The van der Waals surface area contributed by atoms with E-state index in [4.69, 9.17) is 4.74 Å². The van der Waals surface area contributed by atoms with Crippen molar-refractivity contribution in [2.45, 2.75) is 19.0 Å². The molecule has 1 fully saturated rings. The van der Waals surface area contributed by atoms with Crippen molar-refractivity contribution in [3.8, 4) is 11.5 Å². The zero-order chi connectivity index (χ0) is 21.7.